The molecule has 104 valence electrons. The number of hydrogen-bond acceptors (Lipinski definition) is 3. The number of halogens is 3. The van der Waals surface area contributed by atoms with E-state index in [1.54, 1.807) is 0 Å². The van der Waals surface area contributed by atoms with Gasteiger partial charge in [0, 0.05) is 4.90 Å². The average molecular weight is 299 g/mol. The van der Waals surface area contributed by atoms with E-state index in [4.69, 9.17) is 10.8 Å². The lowest BCUT2D eigenvalue weighted by molar-refractivity contribution is 0.0694. The van der Waals surface area contributed by atoms with Gasteiger partial charge in [-0.3, -0.25) is 0 Å². The Bertz CT molecular complexity index is 692. The summed E-state index contributed by atoms with van der Waals surface area (Å²) in [5, 5.41) is 9.05. The van der Waals surface area contributed by atoms with Crippen molar-refractivity contribution in [3.63, 3.8) is 0 Å². The van der Waals surface area contributed by atoms with Crippen LogP contribution in [0.15, 0.2) is 40.1 Å². The van der Waals surface area contributed by atoms with Crippen LogP contribution in [-0.2, 0) is 0 Å². The normalized spacial score (nSPS) is 10.6. The monoisotopic (exact) mass is 299 g/mol. The summed E-state index contributed by atoms with van der Waals surface area (Å²) in [6, 6.07) is 4.91. The standard InChI is InChI=1S/C13H8F3NO2S/c14-6-1-2-7(15)10(5-6)20-9-4-3-8(16)12(17)11(9)13(18)19/h1-5H,17H2,(H,18,19). The molecule has 0 atom stereocenters. The third-order valence-corrected chi connectivity index (χ3v) is 3.57. The number of carbonyl (C=O) groups is 1. The number of carboxylic acids is 1. The van der Waals surface area contributed by atoms with Crippen molar-refractivity contribution in [1.82, 2.24) is 0 Å². The van der Waals surface area contributed by atoms with Crippen LogP contribution in [0.5, 0.6) is 0 Å². The van der Waals surface area contributed by atoms with E-state index in [1.807, 2.05) is 0 Å². The number of carboxylic acid groups (broad SMARTS) is 1. The Morgan fingerprint density at radius 1 is 1.05 bits per heavy atom. The second kappa shape index (κ2) is 5.46. The molecule has 0 unspecified atom stereocenters. The fourth-order valence-electron chi connectivity index (χ4n) is 1.55. The highest BCUT2D eigenvalue weighted by Crippen LogP contribution is 2.35. The van der Waals surface area contributed by atoms with Gasteiger partial charge in [-0.2, -0.15) is 0 Å². The first-order chi connectivity index (χ1) is 9.40. The van der Waals surface area contributed by atoms with Gasteiger partial charge in [-0.05, 0) is 30.3 Å². The molecular weight excluding hydrogens is 291 g/mol. The van der Waals surface area contributed by atoms with Gasteiger partial charge in [0.05, 0.1) is 16.1 Å². The van der Waals surface area contributed by atoms with E-state index >= 15 is 0 Å². The van der Waals surface area contributed by atoms with Gasteiger partial charge >= 0.3 is 5.97 Å². The molecule has 3 nitrogen and oxygen atoms in total. The van der Waals surface area contributed by atoms with Crippen molar-refractivity contribution >= 4 is 23.4 Å². The maximum Gasteiger partial charge on any atom is 0.339 e. The Morgan fingerprint density at radius 3 is 2.35 bits per heavy atom. The van der Waals surface area contributed by atoms with Crippen LogP contribution in [0.4, 0.5) is 18.9 Å². The van der Waals surface area contributed by atoms with E-state index < -0.39 is 34.7 Å². The molecule has 0 saturated heterocycles. The second-order valence-corrected chi connectivity index (χ2v) is 4.90. The van der Waals surface area contributed by atoms with Crippen molar-refractivity contribution in [2.75, 3.05) is 5.73 Å². The zero-order valence-electron chi connectivity index (χ0n) is 9.86. The smallest absolute Gasteiger partial charge is 0.339 e. The summed E-state index contributed by atoms with van der Waals surface area (Å²) in [5.74, 6) is -3.70. The zero-order chi connectivity index (χ0) is 14.9. The number of rotatable bonds is 3. The summed E-state index contributed by atoms with van der Waals surface area (Å²) in [6.45, 7) is 0. The van der Waals surface area contributed by atoms with Crippen molar-refractivity contribution < 1.29 is 23.1 Å². The zero-order valence-corrected chi connectivity index (χ0v) is 10.7. The summed E-state index contributed by atoms with van der Waals surface area (Å²) in [5.41, 5.74) is 4.35. The summed E-state index contributed by atoms with van der Waals surface area (Å²) in [4.78, 5) is 11.0. The van der Waals surface area contributed by atoms with Crippen LogP contribution in [0, 0.1) is 17.5 Å². The predicted molar refractivity (Wildman–Crippen MR) is 68.3 cm³/mol. The van der Waals surface area contributed by atoms with Crippen molar-refractivity contribution in [2.24, 2.45) is 0 Å². The van der Waals surface area contributed by atoms with Gasteiger partial charge in [-0.25, -0.2) is 18.0 Å². The molecule has 0 bridgehead atoms. The van der Waals surface area contributed by atoms with E-state index in [2.05, 4.69) is 0 Å². The minimum absolute atomic E-state index is 0.0286. The van der Waals surface area contributed by atoms with Gasteiger partial charge in [-0.1, -0.05) is 11.8 Å². The van der Waals surface area contributed by atoms with Crippen molar-refractivity contribution in [3.8, 4) is 0 Å². The third-order valence-electron chi connectivity index (χ3n) is 2.48. The summed E-state index contributed by atoms with van der Waals surface area (Å²) in [7, 11) is 0. The van der Waals surface area contributed by atoms with Crippen LogP contribution in [0.2, 0.25) is 0 Å². The molecule has 0 fully saturated rings. The molecule has 0 aliphatic rings. The first kappa shape index (κ1) is 14.3. The molecule has 7 heteroatoms. The third kappa shape index (κ3) is 2.72. The highest BCUT2D eigenvalue weighted by atomic mass is 32.2. The number of anilines is 1. The molecule has 0 aliphatic carbocycles. The summed E-state index contributed by atoms with van der Waals surface area (Å²) in [6.07, 6.45) is 0. The number of nitrogen functional groups attached to an aromatic ring is 1. The minimum Gasteiger partial charge on any atom is -0.478 e. The maximum atomic E-state index is 13.5. The number of aromatic carboxylic acids is 1. The Hall–Kier alpha value is -2.15. The predicted octanol–water partition coefficient (Wildman–Crippen LogP) is 3.54. The van der Waals surface area contributed by atoms with Gasteiger partial charge in [0.2, 0.25) is 0 Å². The highest BCUT2D eigenvalue weighted by molar-refractivity contribution is 7.99. The molecule has 0 heterocycles. The fourth-order valence-corrected chi connectivity index (χ4v) is 2.56. The van der Waals surface area contributed by atoms with Crippen molar-refractivity contribution in [1.29, 1.82) is 0 Å². The van der Waals surface area contributed by atoms with Crippen LogP contribution in [0.3, 0.4) is 0 Å². The molecular formula is C13H8F3NO2S. The second-order valence-electron chi connectivity index (χ2n) is 3.82. The Morgan fingerprint density at radius 2 is 1.70 bits per heavy atom. The van der Waals surface area contributed by atoms with Gasteiger partial charge in [0.15, 0.2) is 0 Å². The summed E-state index contributed by atoms with van der Waals surface area (Å²) >= 11 is 0.664. The van der Waals surface area contributed by atoms with Crippen LogP contribution in [0.25, 0.3) is 0 Å². The molecule has 20 heavy (non-hydrogen) atoms. The quantitative estimate of drug-likeness (QED) is 0.851. The largest absolute Gasteiger partial charge is 0.478 e. The van der Waals surface area contributed by atoms with Gasteiger partial charge in [0.25, 0.3) is 0 Å². The Balaban J connectivity index is 2.51. The van der Waals surface area contributed by atoms with Crippen molar-refractivity contribution in [3.05, 3.63) is 53.3 Å². The van der Waals surface area contributed by atoms with E-state index in [9.17, 15) is 18.0 Å². The van der Waals surface area contributed by atoms with Crippen LogP contribution >= 0.6 is 11.8 Å². The van der Waals surface area contributed by atoms with E-state index in [-0.39, 0.29) is 9.79 Å². The number of hydrogen-bond donors (Lipinski definition) is 2. The molecule has 2 aromatic rings. The minimum atomic E-state index is -1.44. The first-order valence-corrected chi connectivity index (χ1v) is 6.16. The molecule has 0 radical (unpaired) electrons. The molecule has 0 aromatic heterocycles. The molecule has 0 spiro atoms. The molecule has 2 rings (SSSR count). The van der Waals surface area contributed by atoms with Gasteiger partial charge in [0.1, 0.15) is 17.5 Å². The van der Waals surface area contributed by atoms with Gasteiger partial charge < -0.3 is 10.8 Å². The van der Waals surface area contributed by atoms with Gasteiger partial charge in [-0.15, -0.1) is 0 Å². The van der Waals surface area contributed by atoms with Crippen LogP contribution < -0.4 is 5.73 Å². The molecule has 0 aliphatic heterocycles. The Labute approximate surface area is 116 Å². The molecule has 3 N–H and O–H groups in total. The highest BCUT2D eigenvalue weighted by Gasteiger charge is 2.19. The Kier molecular flexibility index (Phi) is 3.89. The van der Waals surface area contributed by atoms with E-state index in [0.717, 1.165) is 30.3 Å². The van der Waals surface area contributed by atoms with E-state index in [0.29, 0.717) is 11.8 Å². The van der Waals surface area contributed by atoms with Crippen molar-refractivity contribution in [2.45, 2.75) is 9.79 Å². The van der Waals surface area contributed by atoms with Crippen LogP contribution in [-0.4, -0.2) is 11.1 Å². The first-order valence-electron chi connectivity index (χ1n) is 5.34. The molecule has 0 saturated carbocycles. The lowest BCUT2D eigenvalue weighted by atomic mass is 10.2. The van der Waals surface area contributed by atoms with E-state index in [1.165, 1.54) is 0 Å². The van der Waals surface area contributed by atoms with Crippen LogP contribution in [0.1, 0.15) is 10.4 Å². The topological polar surface area (TPSA) is 63.3 Å². The average Bonchev–Trinajstić information content (AvgIpc) is 2.38. The fraction of sp³-hybridized carbons (Fsp3) is 0. The molecule has 2 aromatic carbocycles. The lowest BCUT2D eigenvalue weighted by Crippen LogP contribution is -2.06. The number of nitrogens with two attached hydrogens (primary N) is 1. The number of benzene rings is 2. The maximum absolute atomic E-state index is 13.5. The summed E-state index contributed by atoms with van der Waals surface area (Å²) < 4.78 is 39.9. The SMILES string of the molecule is Nc1c(F)ccc(Sc2cc(F)ccc2F)c1C(=O)O. The lowest BCUT2D eigenvalue weighted by Gasteiger charge is -2.09. The molecule has 0 amide bonds.